The van der Waals surface area contributed by atoms with Gasteiger partial charge in [0.15, 0.2) is 10.8 Å². The summed E-state index contributed by atoms with van der Waals surface area (Å²) in [6.45, 7) is 4.32. The molecule has 0 saturated carbocycles. The van der Waals surface area contributed by atoms with E-state index < -0.39 is 6.10 Å². The van der Waals surface area contributed by atoms with Crippen LogP contribution in [0.25, 0.3) is 10.8 Å². The van der Waals surface area contributed by atoms with Crippen molar-refractivity contribution in [3.8, 4) is 10.8 Å². The van der Waals surface area contributed by atoms with Gasteiger partial charge in [0.25, 0.3) is 5.91 Å². The number of hydrogen-bond acceptors (Lipinski definition) is 6. The highest BCUT2D eigenvalue weighted by molar-refractivity contribution is 7.16. The molecule has 2 N–H and O–H groups in total. The molecular formula is C15H20N4O2S. The van der Waals surface area contributed by atoms with E-state index in [-0.39, 0.29) is 18.4 Å². The Morgan fingerprint density at radius 1 is 1.27 bits per heavy atom. The van der Waals surface area contributed by atoms with Gasteiger partial charge in [-0.15, -0.1) is 11.3 Å². The fourth-order valence-corrected chi connectivity index (χ4v) is 2.96. The molecule has 0 saturated heterocycles. The molecule has 0 aliphatic heterocycles. The van der Waals surface area contributed by atoms with Crippen molar-refractivity contribution in [3.63, 3.8) is 0 Å². The summed E-state index contributed by atoms with van der Waals surface area (Å²) < 4.78 is 0. The number of aromatic nitrogens is 3. The lowest BCUT2D eigenvalue weighted by Gasteiger charge is -2.20. The summed E-state index contributed by atoms with van der Waals surface area (Å²) in [6, 6.07) is 1.73. The minimum atomic E-state index is -0.524. The molecule has 0 aliphatic rings. The average molecular weight is 320 g/mol. The molecule has 2 heterocycles. The first-order valence-electron chi connectivity index (χ1n) is 7.35. The number of aliphatic hydroxyl groups is 1. The van der Waals surface area contributed by atoms with E-state index in [1.54, 1.807) is 18.5 Å². The molecule has 1 unspecified atom stereocenters. The van der Waals surface area contributed by atoms with E-state index >= 15 is 0 Å². The summed E-state index contributed by atoms with van der Waals surface area (Å²) in [5.41, 5.74) is 0. The Morgan fingerprint density at radius 3 is 2.59 bits per heavy atom. The van der Waals surface area contributed by atoms with Crippen LogP contribution < -0.4 is 5.32 Å². The molecule has 2 rings (SSSR count). The molecule has 7 heteroatoms. The summed E-state index contributed by atoms with van der Waals surface area (Å²) in [5, 5.41) is 13.4. The fraction of sp³-hybridized carbons (Fsp3) is 0.467. The third-order valence-corrected chi connectivity index (χ3v) is 4.54. The van der Waals surface area contributed by atoms with E-state index in [4.69, 9.17) is 0 Å². The van der Waals surface area contributed by atoms with Crippen LogP contribution in [0, 0.1) is 5.92 Å². The van der Waals surface area contributed by atoms with Gasteiger partial charge in [-0.05, 0) is 12.0 Å². The second-order valence-corrected chi connectivity index (χ2v) is 5.99. The SMILES string of the molecule is CCC(CC)C(O)CNC(=O)c1cnc(-c2ncccn2)s1. The van der Waals surface area contributed by atoms with E-state index in [9.17, 15) is 9.90 Å². The number of rotatable bonds is 7. The van der Waals surface area contributed by atoms with E-state index in [0.717, 1.165) is 12.8 Å². The molecule has 0 aromatic carbocycles. The van der Waals surface area contributed by atoms with Crippen LogP contribution in [0.1, 0.15) is 36.4 Å². The molecule has 0 radical (unpaired) electrons. The van der Waals surface area contributed by atoms with Crippen LogP contribution in [-0.4, -0.2) is 38.6 Å². The molecule has 1 amide bonds. The van der Waals surface area contributed by atoms with Gasteiger partial charge < -0.3 is 10.4 Å². The van der Waals surface area contributed by atoms with Crippen molar-refractivity contribution in [1.29, 1.82) is 0 Å². The maximum atomic E-state index is 12.1. The Bertz CT molecular complexity index is 599. The zero-order valence-corrected chi connectivity index (χ0v) is 13.5. The lowest BCUT2D eigenvalue weighted by atomic mass is 9.96. The number of carbonyl (C=O) groups is 1. The monoisotopic (exact) mass is 320 g/mol. The molecule has 1 atom stereocenters. The molecule has 0 spiro atoms. The third-order valence-electron chi connectivity index (χ3n) is 3.55. The van der Waals surface area contributed by atoms with E-state index in [0.29, 0.717) is 15.7 Å². The number of carbonyl (C=O) groups excluding carboxylic acids is 1. The van der Waals surface area contributed by atoms with Gasteiger partial charge in [0.1, 0.15) is 4.88 Å². The highest BCUT2D eigenvalue weighted by Crippen LogP contribution is 2.21. The van der Waals surface area contributed by atoms with Gasteiger partial charge >= 0.3 is 0 Å². The van der Waals surface area contributed by atoms with Crippen LogP contribution in [0.3, 0.4) is 0 Å². The molecule has 118 valence electrons. The van der Waals surface area contributed by atoms with Gasteiger partial charge in [0.05, 0.1) is 12.3 Å². The largest absolute Gasteiger partial charge is 0.391 e. The van der Waals surface area contributed by atoms with Gasteiger partial charge in [-0.2, -0.15) is 0 Å². The number of nitrogens with one attached hydrogen (secondary N) is 1. The summed E-state index contributed by atoms with van der Waals surface area (Å²) in [7, 11) is 0. The van der Waals surface area contributed by atoms with Crippen LogP contribution in [0.15, 0.2) is 24.7 Å². The van der Waals surface area contributed by atoms with Crippen molar-refractivity contribution < 1.29 is 9.90 Å². The topological polar surface area (TPSA) is 88.0 Å². The molecule has 6 nitrogen and oxygen atoms in total. The summed E-state index contributed by atoms with van der Waals surface area (Å²) in [5.74, 6) is 0.475. The van der Waals surface area contributed by atoms with Crippen LogP contribution >= 0.6 is 11.3 Å². The number of nitrogens with zero attached hydrogens (tertiary/aromatic N) is 3. The quantitative estimate of drug-likeness (QED) is 0.816. The van der Waals surface area contributed by atoms with Gasteiger partial charge in [0.2, 0.25) is 0 Å². The predicted molar refractivity (Wildman–Crippen MR) is 85.6 cm³/mol. The number of amides is 1. The van der Waals surface area contributed by atoms with Crippen LogP contribution in [0.4, 0.5) is 0 Å². The van der Waals surface area contributed by atoms with Gasteiger partial charge in [0, 0.05) is 18.9 Å². The minimum absolute atomic E-state index is 0.204. The zero-order valence-electron chi connectivity index (χ0n) is 12.7. The lowest BCUT2D eigenvalue weighted by Crippen LogP contribution is -2.35. The minimum Gasteiger partial charge on any atom is -0.391 e. The Kier molecular flexibility index (Phi) is 5.97. The van der Waals surface area contributed by atoms with E-state index in [2.05, 4.69) is 20.3 Å². The summed E-state index contributed by atoms with van der Waals surface area (Å²) in [4.78, 5) is 25.0. The van der Waals surface area contributed by atoms with Gasteiger partial charge in [-0.1, -0.05) is 26.7 Å². The van der Waals surface area contributed by atoms with E-state index in [1.165, 1.54) is 17.5 Å². The smallest absolute Gasteiger partial charge is 0.263 e. The van der Waals surface area contributed by atoms with E-state index in [1.807, 2.05) is 13.8 Å². The highest BCUT2D eigenvalue weighted by Gasteiger charge is 2.18. The zero-order chi connectivity index (χ0) is 15.9. The molecule has 22 heavy (non-hydrogen) atoms. The fourth-order valence-electron chi connectivity index (χ4n) is 2.18. The second-order valence-electron chi connectivity index (χ2n) is 4.96. The number of hydrogen-bond donors (Lipinski definition) is 2. The molecule has 2 aromatic rings. The first kappa shape index (κ1) is 16.5. The molecule has 0 fully saturated rings. The van der Waals surface area contributed by atoms with Crippen molar-refractivity contribution in [2.45, 2.75) is 32.8 Å². The maximum Gasteiger partial charge on any atom is 0.263 e. The summed E-state index contributed by atoms with van der Waals surface area (Å²) in [6.07, 6.45) is 6.04. The average Bonchev–Trinajstić information content (AvgIpc) is 3.04. The molecule has 0 bridgehead atoms. The first-order chi connectivity index (χ1) is 10.7. The Morgan fingerprint density at radius 2 is 1.95 bits per heavy atom. The first-order valence-corrected chi connectivity index (χ1v) is 8.16. The Hall–Kier alpha value is -1.86. The maximum absolute atomic E-state index is 12.1. The third kappa shape index (κ3) is 4.08. The van der Waals surface area contributed by atoms with Crippen LogP contribution in [0.5, 0.6) is 0 Å². The number of thiazole rings is 1. The normalized spacial score (nSPS) is 12.4. The number of aliphatic hydroxyl groups excluding tert-OH is 1. The molecule has 2 aromatic heterocycles. The van der Waals surface area contributed by atoms with Gasteiger partial charge in [-0.3, -0.25) is 4.79 Å². The highest BCUT2D eigenvalue weighted by atomic mass is 32.1. The Balaban J connectivity index is 1.95. The van der Waals surface area contributed by atoms with Gasteiger partial charge in [-0.25, -0.2) is 15.0 Å². The van der Waals surface area contributed by atoms with Crippen LogP contribution in [0.2, 0.25) is 0 Å². The van der Waals surface area contributed by atoms with Crippen molar-refractivity contribution in [3.05, 3.63) is 29.5 Å². The van der Waals surface area contributed by atoms with Crippen molar-refractivity contribution in [2.24, 2.45) is 5.92 Å². The molecular weight excluding hydrogens is 300 g/mol. The predicted octanol–water partition coefficient (Wildman–Crippen LogP) is 2.13. The van der Waals surface area contributed by atoms with Crippen molar-refractivity contribution in [1.82, 2.24) is 20.3 Å². The standard InChI is InChI=1S/C15H20N4O2S/c1-3-10(4-2)11(20)8-18-14(21)12-9-19-15(22-12)13-16-6-5-7-17-13/h5-7,9-11,20H,3-4,8H2,1-2H3,(H,18,21). The van der Waals surface area contributed by atoms with Crippen molar-refractivity contribution >= 4 is 17.2 Å². The van der Waals surface area contributed by atoms with Crippen molar-refractivity contribution in [2.75, 3.05) is 6.54 Å². The second kappa shape index (κ2) is 7.95. The van der Waals surface area contributed by atoms with Crippen LogP contribution in [-0.2, 0) is 0 Å². The summed E-state index contributed by atoms with van der Waals surface area (Å²) >= 11 is 1.24. The molecule has 0 aliphatic carbocycles. The Labute approximate surface area is 133 Å². The lowest BCUT2D eigenvalue weighted by molar-refractivity contribution is 0.0819.